The fourth-order valence-corrected chi connectivity index (χ4v) is 3.70. The minimum atomic E-state index is -0.628. The molecule has 3 aromatic rings. The molecular weight excluding hydrogens is 396 g/mol. The van der Waals surface area contributed by atoms with Crippen molar-refractivity contribution < 1.29 is 23.9 Å². The Morgan fingerprint density at radius 1 is 1.28 bits per heavy atom. The van der Waals surface area contributed by atoms with E-state index in [1.54, 1.807) is 46.2 Å². The summed E-state index contributed by atoms with van der Waals surface area (Å²) in [5.41, 5.74) is 1.15. The monoisotopic (exact) mass is 416 g/mol. The first-order valence-corrected chi connectivity index (χ1v) is 9.76. The summed E-state index contributed by atoms with van der Waals surface area (Å²) in [6.07, 6.45) is 2.90. The second-order valence-corrected chi connectivity index (χ2v) is 7.36. The molecule has 152 valence electrons. The van der Waals surface area contributed by atoms with Crippen molar-refractivity contribution in [3.8, 4) is 0 Å². The molecular formula is C19H20N4O5S. The van der Waals surface area contributed by atoms with Crippen molar-refractivity contribution >= 4 is 39.8 Å². The van der Waals surface area contributed by atoms with E-state index in [4.69, 9.17) is 9.47 Å². The lowest BCUT2D eigenvalue weighted by Crippen LogP contribution is -2.17. The molecule has 0 fully saturated rings. The van der Waals surface area contributed by atoms with Crippen LogP contribution in [0.2, 0.25) is 0 Å². The van der Waals surface area contributed by atoms with E-state index in [2.05, 4.69) is 15.4 Å². The number of anilines is 1. The number of esters is 2. The summed E-state index contributed by atoms with van der Waals surface area (Å²) in [6, 6.07) is 3.21. The standard InChI is InChI=1S/C19H20N4O5S/c1-5-27-19(26)15-11(4)14(18(25)28-10(2)3)17(29-15)21-16(24)12-9-13-20-7-6-8-23(13)22-12/h6-10H,5H2,1-4H3,(H,21,24). The number of hydrogen-bond donors (Lipinski definition) is 1. The van der Waals surface area contributed by atoms with Crippen molar-refractivity contribution in [1.29, 1.82) is 0 Å². The van der Waals surface area contributed by atoms with Crippen LogP contribution in [0.3, 0.4) is 0 Å². The first kappa shape index (κ1) is 20.5. The Kier molecular flexibility index (Phi) is 5.92. The first-order chi connectivity index (χ1) is 13.8. The van der Waals surface area contributed by atoms with Crippen LogP contribution in [-0.2, 0) is 9.47 Å². The van der Waals surface area contributed by atoms with Crippen molar-refractivity contribution in [1.82, 2.24) is 14.6 Å². The predicted octanol–water partition coefficient (Wildman–Crippen LogP) is 3.09. The number of rotatable bonds is 6. The fourth-order valence-electron chi connectivity index (χ4n) is 2.62. The van der Waals surface area contributed by atoms with Crippen LogP contribution < -0.4 is 5.32 Å². The Hall–Kier alpha value is -3.27. The zero-order valence-corrected chi connectivity index (χ0v) is 17.2. The quantitative estimate of drug-likeness (QED) is 0.615. The smallest absolute Gasteiger partial charge is 0.348 e. The van der Waals surface area contributed by atoms with Crippen molar-refractivity contribution in [2.75, 3.05) is 11.9 Å². The Morgan fingerprint density at radius 3 is 2.69 bits per heavy atom. The molecule has 0 aliphatic carbocycles. The molecule has 3 heterocycles. The van der Waals surface area contributed by atoms with E-state index in [-0.39, 0.29) is 33.8 Å². The van der Waals surface area contributed by atoms with Crippen molar-refractivity contribution in [2.24, 2.45) is 0 Å². The number of carbonyl (C=O) groups is 3. The molecule has 3 aromatic heterocycles. The highest BCUT2D eigenvalue weighted by molar-refractivity contribution is 7.18. The van der Waals surface area contributed by atoms with E-state index in [1.807, 2.05) is 0 Å². The topological polar surface area (TPSA) is 112 Å². The normalized spacial score (nSPS) is 10.9. The van der Waals surface area contributed by atoms with Gasteiger partial charge in [0.1, 0.15) is 9.88 Å². The summed E-state index contributed by atoms with van der Waals surface area (Å²) in [7, 11) is 0. The SMILES string of the molecule is CCOC(=O)c1sc(NC(=O)c2cc3ncccn3n2)c(C(=O)OC(C)C)c1C. The predicted molar refractivity (Wildman–Crippen MR) is 107 cm³/mol. The van der Waals surface area contributed by atoms with E-state index >= 15 is 0 Å². The number of carbonyl (C=O) groups excluding carboxylic acids is 3. The molecule has 29 heavy (non-hydrogen) atoms. The zero-order valence-electron chi connectivity index (χ0n) is 16.4. The third-order valence-electron chi connectivity index (χ3n) is 3.85. The van der Waals surface area contributed by atoms with E-state index in [0.29, 0.717) is 11.2 Å². The van der Waals surface area contributed by atoms with Gasteiger partial charge in [0.05, 0.1) is 18.3 Å². The van der Waals surface area contributed by atoms with Gasteiger partial charge in [-0.15, -0.1) is 11.3 Å². The van der Waals surface area contributed by atoms with Crippen LogP contribution >= 0.6 is 11.3 Å². The van der Waals surface area contributed by atoms with Gasteiger partial charge in [-0.25, -0.2) is 19.1 Å². The molecule has 1 N–H and O–H groups in total. The van der Waals surface area contributed by atoms with Crippen LogP contribution in [0, 0.1) is 6.92 Å². The fraction of sp³-hybridized carbons (Fsp3) is 0.316. The average molecular weight is 416 g/mol. The summed E-state index contributed by atoms with van der Waals surface area (Å²) >= 11 is 0.962. The van der Waals surface area contributed by atoms with Gasteiger partial charge in [0, 0.05) is 18.5 Å². The zero-order chi connectivity index (χ0) is 21.1. The lowest BCUT2D eigenvalue weighted by molar-refractivity contribution is 0.0379. The van der Waals surface area contributed by atoms with Gasteiger partial charge in [0.15, 0.2) is 11.3 Å². The summed E-state index contributed by atoms with van der Waals surface area (Å²) in [4.78, 5) is 41.9. The molecule has 1 amide bonds. The molecule has 0 radical (unpaired) electrons. The van der Waals surface area contributed by atoms with Crippen LogP contribution in [0.1, 0.15) is 56.9 Å². The molecule has 0 atom stereocenters. The van der Waals surface area contributed by atoms with Crippen LogP contribution in [0.15, 0.2) is 24.5 Å². The molecule has 0 aromatic carbocycles. The highest BCUT2D eigenvalue weighted by Gasteiger charge is 2.28. The largest absolute Gasteiger partial charge is 0.462 e. The Bertz CT molecular complexity index is 1050. The highest BCUT2D eigenvalue weighted by Crippen LogP contribution is 2.34. The maximum absolute atomic E-state index is 12.7. The first-order valence-electron chi connectivity index (χ1n) is 8.95. The number of thiophene rings is 1. The van der Waals surface area contributed by atoms with Crippen molar-refractivity contribution in [3.05, 3.63) is 46.2 Å². The Morgan fingerprint density at radius 2 is 2.03 bits per heavy atom. The van der Waals surface area contributed by atoms with E-state index in [1.165, 1.54) is 10.6 Å². The summed E-state index contributed by atoms with van der Waals surface area (Å²) in [6.45, 7) is 6.93. The highest BCUT2D eigenvalue weighted by atomic mass is 32.1. The molecule has 0 spiro atoms. The Labute approximate surface area is 170 Å². The minimum absolute atomic E-state index is 0.121. The maximum Gasteiger partial charge on any atom is 0.348 e. The number of amides is 1. The van der Waals surface area contributed by atoms with Crippen LogP contribution in [0.25, 0.3) is 5.65 Å². The molecule has 0 aliphatic heterocycles. The lowest BCUT2D eigenvalue weighted by atomic mass is 10.1. The van der Waals surface area contributed by atoms with Gasteiger partial charge in [-0.2, -0.15) is 5.10 Å². The third-order valence-corrected chi connectivity index (χ3v) is 5.04. The van der Waals surface area contributed by atoms with Gasteiger partial charge in [0.2, 0.25) is 0 Å². The van der Waals surface area contributed by atoms with E-state index in [9.17, 15) is 14.4 Å². The minimum Gasteiger partial charge on any atom is -0.462 e. The summed E-state index contributed by atoms with van der Waals surface area (Å²) < 4.78 is 11.8. The number of ether oxygens (including phenoxy) is 2. The van der Waals surface area contributed by atoms with E-state index < -0.39 is 17.8 Å². The van der Waals surface area contributed by atoms with Gasteiger partial charge in [-0.3, -0.25) is 4.79 Å². The van der Waals surface area contributed by atoms with Gasteiger partial charge in [-0.1, -0.05) is 0 Å². The molecule has 0 unspecified atom stereocenters. The third kappa shape index (κ3) is 4.27. The molecule has 0 aliphatic rings. The van der Waals surface area contributed by atoms with E-state index in [0.717, 1.165) is 11.3 Å². The molecule has 0 saturated heterocycles. The number of aromatic nitrogens is 3. The number of nitrogens with one attached hydrogen (secondary N) is 1. The molecule has 9 nitrogen and oxygen atoms in total. The maximum atomic E-state index is 12.7. The molecule has 0 bridgehead atoms. The van der Waals surface area contributed by atoms with Crippen LogP contribution in [-0.4, -0.2) is 45.2 Å². The molecule has 0 saturated carbocycles. The van der Waals surface area contributed by atoms with Crippen LogP contribution in [0.4, 0.5) is 5.00 Å². The lowest BCUT2D eigenvalue weighted by Gasteiger charge is -2.10. The van der Waals surface area contributed by atoms with Crippen LogP contribution in [0.5, 0.6) is 0 Å². The van der Waals surface area contributed by atoms with Gasteiger partial charge >= 0.3 is 11.9 Å². The van der Waals surface area contributed by atoms with Gasteiger partial charge in [-0.05, 0) is 39.3 Å². The molecule has 3 rings (SSSR count). The average Bonchev–Trinajstić information content (AvgIpc) is 3.22. The summed E-state index contributed by atoms with van der Waals surface area (Å²) in [5, 5.41) is 7.03. The van der Waals surface area contributed by atoms with Gasteiger partial charge < -0.3 is 14.8 Å². The molecule has 10 heteroatoms. The van der Waals surface area contributed by atoms with Gasteiger partial charge in [0.25, 0.3) is 5.91 Å². The number of nitrogens with zero attached hydrogens (tertiary/aromatic N) is 3. The number of fused-ring (bicyclic) bond motifs is 1. The second-order valence-electron chi connectivity index (χ2n) is 6.34. The second kappa shape index (κ2) is 8.39. The summed E-state index contributed by atoms with van der Waals surface area (Å²) in [5.74, 6) is -1.73. The van der Waals surface area contributed by atoms with Crippen molar-refractivity contribution in [3.63, 3.8) is 0 Å². The van der Waals surface area contributed by atoms with Crippen molar-refractivity contribution in [2.45, 2.75) is 33.8 Å². The Balaban J connectivity index is 1.97. The number of hydrogen-bond acceptors (Lipinski definition) is 8.